The summed E-state index contributed by atoms with van der Waals surface area (Å²) in [5.74, 6) is -1.73. The first-order chi connectivity index (χ1) is 8.71. The Labute approximate surface area is 118 Å². The van der Waals surface area contributed by atoms with Crippen molar-refractivity contribution in [1.29, 1.82) is 0 Å². The molecular weight excluding hydrogens is 318 g/mol. The highest BCUT2D eigenvalue weighted by molar-refractivity contribution is 7.89. The van der Waals surface area contributed by atoms with E-state index in [0.717, 1.165) is 18.9 Å². The SMILES string of the molecule is NS(=O)(=O)c1c(Cl)c(F)cc(C(=O)NC2CC2)c1Cl. The molecule has 5 nitrogen and oxygen atoms in total. The number of carbonyl (C=O) groups excluding carboxylic acids is 1. The summed E-state index contributed by atoms with van der Waals surface area (Å²) >= 11 is 11.3. The second-order valence-corrected chi connectivity index (χ2v) is 6.41. The van der Waals surface area contributed by atoms with Crippen LogP contribution in [0.1, 0.15) is 23.2 Å². The van der Waals surface area contributed by atoms with Gasteiger partial charge in [-0.1, -0.05) is 23.2 Å². The maximum atomic E-state index is 13.6. The predicted molar refractivity (Wildman–Crippen MR) is 68.3 cm³/mol. The zero-order valence-corrected chi connectivity index (χ0v) is 11.7. The molecule has 1 aromatic rings. The van der Waals surface area contributed by atoms with E-state index in [1.54, 1.807) is 0 Å². The quantitative estimate of drug-likeness (QED) is 0.828. The van der Waals surface area contributed by atoms with Crippen LogP contribution in [-0.2, 0) is 10.0 Å². The van der Waals surface area contributed by atoms with Crippen LogP contribution in [0.15, 0.2) is 11.0 Å². The number of hydrogen-bond acceptors (Lipinski definition) is 3. The van der Waals surface area contributed by atoms with E-state index in [2.05, 4.69) is 5.32 Å². The van der Waals surface area contributed by atoms with Crippen molar-refractivity contribution in [2.24, 2.45) is 5.14 Å². The standard InChI is InChI=1S/C10H9Cl2FN2O3S/c11-7-5(10(16)15-4-1-2-4)3-6(13)8(12)9(7)19(14,17)18/h3-4H,1-2H2,(H,15,16)(H2,14,17,18). The zero-order chi connectivity index (χ0) is 14.4. The molecule has 1 amide bonds. The molecule has 0 spiro atoms. The van der Waals surface area contributed by atoms with Gasteiger partial charge in [0, 0.05) is 6.04 Å². The normalized spacial score (nSPS) is 15.4. The number of hydrogen-bond donors (Lipinski definition) is 2. The number of rotatable bonds is 3. The van der Waals surface area contributed by atoms with Crippen LogP contribution in [0.3, 0.4) is 0 Å². The molecule has 0 atom stereocenters. The maximum absolute atomic E-state index is 13.6. The van der Waals surface area contributed by atoms with Gasteiger partial charge < -0.3 is 5.32 Å². The number of sulfonamides is 1. The van der Waals surface area contributed by atoms with E-state index in [1.807, 2.05) is 0 Å². The Kier molecular flexibility index (Phi) is 3.74. The molecule has 19 heavy (non-hydrogen) atoms. The molecule has 0 bridgehead atoms. The molecule has 1 aliphatic carbocycles. The minimum absolute atomic E-state index is 0.0141. The number of carbonyl (C=O) groups is 1. The molecule has 3 N–H and O–H groups in total. The maximum Gasteiger partial charge on any atom is 0.253 e. The van der Waals surface area contributed by atoms with Gasteiger partial charge >= 0.3 is 0 Å². The number of halogens is 3. The summed E-state index contributed by atoms with van der Waals surface area (Å²) in [6.45, 7) is 0. The lowest BCUT2D eigenvalue weighted by Crippen LogP contribution is -2.26. The monoisotopic (exact) mass is 326 g/mol. The highest BCUT2D eigenvalue weighted by Gasteiger charge is 2.29. The number of amides is 1. The van der Waals surface area contributed by atoms with Gasteiger partial charge in [-0.2, -0.15) is 0 Å². The second kappa shape index (κ2) is 4.90. The smallest absolute Gasteiger partial charge is 0.253 e. The van der Waals surface area contributed by atoms with Gasteiger partial charge in [-0.3, -0.25) is 4.79 Å². The summed E-state index contributed by atoms with van der Waals surface area (Å²) in [7, 11) is -4.34. The van der Waals surface area contributed by atoms with Crippen molar-refractivity contribution >= 4 is 39.1 Å². The first-order valence-corrected chi connectivity index (χ1v) is 7.53. The average Bonchev–Trinajstić information content (AvgIpc) is 3.05. The molecule has 0 unspecified atom stereocenters. The third-order valence-corrected chi connectivity index (χ3v) is 4.52. The fourth-order valence-electron chi connectivity index (χ4n) is 1.49. The number of benzene rings is 1. The lowest BCUT2D eigenvalue weighted by atomic mass is 10.2. The molecule has 104 valence electrons. The van der Waals surface area contributed by atoms with Gasteiger partial charge in [0.2, 0.25) is 10.0 Å². The topological polar surface area (TPSA) is 89.3 Å². The molecule has 9 heteroatoms. The Morgan fingerprint density at radius 1 is 1.37 bits per heavy atom. The molecule has 1 aromatic carbocycles. The average molecular weight is 327 g/mol. The molecule has 2 rings (SSSR count). The molecule has 1 fully saturated rings. The van der Waals surface area contributed by atoms with Crippen LogP contribution in [-0.4, -0.2) is 20.4 Å². The molecule has 0 saturated heterocycles. The fraction of sp³-hybridized carbons (Fsp3) is 0.300. The Morgan fingerprint density at radius 2 is 1.95 bits per heavy atom. The van der Waals surface area contributed by atoms with Crippen molar-refractivity contribution in [3.05, 3.63) is 27.5 Å². The van der Waals surface area contributed by atoms with Crippen molar-refractivity contribution in [2.45, 2.75) is 23.8 Å². The van der Waals surface area contributed by atoms with Crippen LogP contribution in [0.4, 0.5) is 4.39 Å². The van der Waals surface area contributed by atoms with Crippen molar-refractivity contribution in [3.63, 3.8) is 0 Å². The number of nitrogens with one attached hydrogen (secondary N) is 1. The van der Waals surface area contributed by atoms with E-state index in [1.165, 1.54) is 0 Å². The van der Waals surface area contributed by atoms with Crippen LogP contribution in [0.25, 0.3) is 0 Å². The van der Waals surface area contributed by atoms with Gasteiger partial charge in [0.15, 0.2) is 0 Å². The van der Waals surface area contributed by atoms with E-state index in [0.29, 0.717) is 0 Å². The van der Waals surface area contributed by atoms with E-state index in [9.17, 15) is 17.6 Å². The number of nitrogens with two attached hydrogens (primary N) is 1. The summed E-state index contributed by atoms with van der Waals surface area (Å²) < 4.78 is 36.3. The van der Waals surface area contributed by atoms with Gasteiger partial charge in [-0.05, 0) is 18.9 Å². The fourth-order valence-corrected chi connectivity index (χ4v) is 3.27. The van der Waals surface area contributed by atoms with Crippen LogP contribution in [0, 0.1) is 5.82 Å². The Hall–Kier alpha value is -0.890. The minimum Gasteiger partial charge on any atom is -0.349 e. The van der Waals surface area contributed by atoms with Gasteiger partial charge in [-0.15, -0.1) is 0 Å². The molecular formula is C10H9Cl2FN2O3S. The summed E-state index contributed by atoms with van der Waals surface area (Å²) in [4.78, 5) is 11.0. The van der Waals surface area contributed by atoms with Gasteiger partial charge in [0.25, 0.3) is 5.91 Å². The van der Waals surface area contributed by atoms with Crippen molar-refractivity contribution < 1.29 is 17.6 Å². The van der Waals surface area contributed by atoms with Crippen molar-refractivity contribution in [1.82, 2.24) is 5.32 Å². The third-order valence-electron chi connectivity index (χ3n) is 2.56. The summed E-state index contributed by atoms with van der Waals surface area (Å²) in [5.41, 5.74) is -0.306. The summed E-state index contributed by atoms with van der Waals surface area (Å²) in [5, 5.41) is 6.28. The Bertz CT molecular complexity index is 659. The Morgan fingerprint density at radius 3 is 2.42 bits per heavy atom. The molecule has 0 aliphatic heterocycles. The highest BCUT2D eigenvalue weighted by Crippen LogP contribution is 2.34. The van der Waals surface area contributed by atoms with E-state index >= 15 is 0 Å². The van der Waals surface area contributed by atoms with Crippen molar-refractivity contribution in [3.8, 4) is 0 Å². The van der Waals surface area contributed by atoms with Gasteiger partial charge in [0.05, 0.1) is 15.6 Å². The van der Waals surface area contributed by atoms with E-state index in [4.69, 9.17) is 28.3 Å². The first kappa shape index (κ1) is 14.5. The van der Waals surface area contributed by atoms with Crippen LogP contribution in [0.5, 0.6) is 0 Å². The molecule has 0 heterocycles. The summed E-state index contributed by atoms with van der Waals surface area (Å²) in [6, 6.07) is 0.803. The number of primary sulfonamides is 1. The van der Waals surface area contributed by atoms with Crippen LogP contribution < -0.4 is 10.5 Å². The lowest BCUT2D eigenvalue weighted by Gasteiger charge is -2.11. The minimum atomic E-state index is -4.34. The molecule has 0 aromatic heterocycles. The lowest BCUT2D eigenvalue weighted by molar-refractivity contribution is 0.0950. The summed E-state index contributed by atoms with van der Waals surface area (Å²) in [6.07, 6.45) is 1.64. The molecule has 1 saturated carbocycles. The van der Waals surface area contributed by atoms with Crippen molar-refractivity contribution in [2.75, 3.05) is 0 Å². The Balaban J connectivity index is 2.56. The largest absolute Gasteiger partial charge is 0.349 e. The van der Waals surface area contributed by atoms with E-state index < -0.39 is 36.7 Å². The molecule has 0 radical (unpaired) electrons. The highest BCUT2D eigenvalue weighted by atomic mass is 35.5. The van der Waals surface area contributed by atoms with Crippen LogP contribution in [0.2, 0.25) is 10.0 Å². The predicted octanol–water partition coefficient (Wildman–Crippen LogP) is 1.67. The second-order valence-electron chi connectivity index (χ2n) is 4.16. The van der Waals surface area contributed by atoms with Gasteiger partial charge in [0.1, 0.15) is 10.7 Å². The first-order valence-electron chi connectivity index (χ1n) is 5.23. The molecule has 1 aliphatic rings. The van der Waals surface area contributed by atoms with Crippen LogP contribution >= 0.6 is 23.2 Å². The van der Waals surface area contributed by atoms with E-state index in [-0.39, 0.29) is 11.6 Å². The zero-order valence-electron chi connectivity index (χ0n) is 9.41. The third kappa shape index (κ3) is 3.00. The van der Waals surface area contributed by atoms with Gasteiger partial charge in [-0.25, -0.2) is 17.9 Å².